The van der Waals surface area contributed by atoms with Crippen LogP contribution in [-0.4, -0.2) is 40.4 Å². The minimum Gasteiger partial charge on any atom is -0.358 e. The van der Waals surface area contributed by atoms with Crippen LogP contribution >= 0.6 is 0 Å². The lowest BCUT2D eigenvalue weighted by molar-refractivity contribution is -0.0708. The molecule has 1 aliphatic heterocycles. The molecule has 4 heteroatoms. The number of nitrogens with zero attached hydrogens (tertiary/aromatic N) is 3. The third kappa shape index (κ3) is 3.14. The summed E-state index contributed by atoms with van der Waals surface area (Å²) in [5.74, 6) is 0.520. The second kappa shape index (κ2) is 5.72. The van der Waals surface area contributed by atoms with E-state index in [1.165, 1.54) is 5.57 Å². The fraction of sp³-hybridized carbons (Fsp3) is 0.533. The molecule has 2 unspecified atom stereocenters. The molecule has 0 saturated carbocycles. The van der Waals surface area contributed by atoms with E-state index in [9.17, 15) is 0 Å². The average molecular weight is 259 g/mol. The van der Waals surface area contributed by atoms with Gasteiger partial charge in [-0.3, -0.25) is 4.90 Å². The molecule has 1 aromatic rings. The van der Waals surface area contributed by atoms with Crippen LogP contribution in [0, 0.1) is 5.92 Å². The minimum absolute atomic E-state index is 0.286. The number of imidazole rings is 1. The van der Waals surface area contributed by atoms with Crippen LogP contribution in [0.2, 0.25) is 0 Å². The monoisotopic (exact) mass is 259 g/mol. The predicted octanol–water partition coefficient (Wildman–Crippen LogP) is 2.06. The zero-order valence-corrected chi connectivity index (χ0v) is 11.4. The molecule has 1 aliphatic carbocycles. The molecule has 1 aromatic heterocycles. The molecule has 4 nitrogen and oxygen atoms in total. The number of allylic oxidation sites excluding steroid dienone is 2. The Kier molecular flexibility index (Phi) is 3.80. The molecule has 0 amide bonds. The van der Waals surface area contributed by atoms with Gasteiger partial charge in [-0.15, -0.1) is 0 Å². The quantitative estimate of drug-likeness (QED) is 0.829. The van der Waals surface area contributed by atoms with Crippen molar-refractivity contribution in [2.24, 2.45) is 5.92 Å². The van der Waals surface area contributed by atoms with Crippen LogP contribution in [0.1, 0.15) is 13.3 Å². The molecular formula is C15H21N3O. The average Bonchev–Trinajstić information content (AvgIpc) is 2.91. The van der Waals surface area contributed by atoms with Gasteiger partial charge in [-0.05, 0) is 13.3 Å². The second-order valence-electron chi connectivity index (χ2n) is 5.43. The van der Waals surface area contributed by atoms with Gasteiger partial charge in [0.2, 0.25) is 0 Å². The molecule has 102 valence electrons. The Balaban J connectivity index is 1.47. The van der Waals surface area contributed by atoms with Crippen LogP contribution in [0.4, 0.5) is 0 Å². The summed E-state index contributed by atoms with van der Waals surface area (Å²) in [6.45, 7) is 6.13. The van der Waals surface area contributed by atoms with Crippen molar-refractivity contribution in [2.45, 2.75) is 26.0 Å². The fourth-order valence-corrected chi connectivity index (χ4v) is 2.81. The molecule has 1 saturated heterocycles. The van der Waals surface area contributed by atoms with Gasteiger partial charge in [-0.1, -0.05) is 23.8 Å². The lowest BCUT2D eigenvalue weighted by Gasteiger charge is -2.37. The van der Waals surface area contributed by atoms with Gasteiger partial charge in [-0.25, -0.2) is 4.98 Å². The lowest BCUT2D eigenvalue weighted by Crippen LogP contribution is -2.44. The Bertz CT molecular complexity index is 464. The van der Waals surface area contributed by atoms with E-state index < -0.39 is 0 Å². The van der Waals surface area contributed by atoms with Crippen molar-refractivity contribution >= 4 is 0 Å². The summed E-state index contributed by atoms with van der Waals surface area (Å²) in [5, 5.41) is 0. The molecule has 0 N–H and O–H groups in total. The highest BCUT2D eigenvalue weighted by Crippen LogP contribution is 2.24. The molecular weight excluding hydrogens is 238 g/mol. The van der Waals surface area contributed by atoms with Crippen LogP contribution in [0.5, 0.6) is 0 Å². The van der Waals surface area contributed by atoms with E-state index in [2.05, 4.69) is 39.6 Å². The van der Waals surface area contributed by atoms with Gasteiger partial charge in [-0.2, -0.15) is 0 Å². The number of hydrogen-bond acceptors (Lipinski definition) is 3. The number of aromatic nitrogens is 2. The van der Waals surface area contributed by atoms with E-state index in [0.717, 1.165) is 32.8 Å². The van der Waals surface area contributed by atoms with Crippen molar-refractivity contribution in [3.63, 3.8) is 0 Å². The van der Waals surface area contributed by atoms with E-state index in [1.54, 1.807) is 0 Å². The third-order valence-corrected chi connectivity index (χ3v) is 3.82. The van der Waals surface area contributed by atoms with E-state index in [4.69, 9.17) is 4.74 Å². The Morgan fingerprint density at radius 3 is 3.21 bits per heavy atom. The summed E-state index contributed by atoms with van der Waals surface area (Å²) in [4.78, 5) is 6.46. The molecule has 2 atom stereocenters. The molecule has 2 aliphatic rings. The van der Waals surface area contributed by atoms with Gasteiger partial charge < -0.3 is 9.30 Å². The van der Waals surface area contributed by atoms with Crippen LogP contribution in [-0.2, 0) is 11.3 Å². The Hall–Kier alpha value is -1.39. The van der Waals surface area contributed by atoms with Crippen molar-refractivity contribution in [1.29, 1.82) is 0 Å². The van der Waals surface area contributed by atoms with Gasteiger partial charge in [0.15, 0.2) is 0 Å². The highest BCUT2D eigenvalue weighted by atomic mass is 16.5. The first-order chi connectivity index (χ1) is 9.31. The smallest absolute Gasteiger partial charge is 0.0998 e. The second-order valence-corrected chi connectivity index (χ2v) is 5.43. The normalized spacial score (nSPS) is 27.1. The summed E-state index contributed by atoms with van der Waals surface area (Å²) in [7, 11) is 0. The number of hydrogen-bond donors (Lipinski definition) is 0. The van der Waals surface area contributed by atoms with Gasteiger partial charge in [0.05, 0.1) is 19.2 Å². The summed E-state index contributed by atoms with van der Waals surface area (Å²) in [6.07, 6.45) is 13.8. The maximum absolute atomic E-state index is 5.91. The molecule has 2 heterocycles. The van der Waals surface area contributed by atoms with E-state index in [-0.39, 0.29) is 6.10 Å². The Labute approximate surface area is 114 Å². The Morgan fingerprint density at radius 1 is 1.42 bits per heavy atom. The van der Waals surface area contributed by atoms with Crippen molar-refractivity contribution in [3.8, 4) is 0 Å². The highest BCUT2D eigenvalue weighted by molar-refractivity contribution is 5.25. The number of rotatable bonds is 4. The number of ether oxygens (including phenoxy) is 1. The van der Waals surface area contributed by atoms with E-state index in [0.29, 0.717) is 5.92 Å². The van der Waals surface area contributed by atoms with Crippen molar-refractivity contribution < 1.29 is 4.74 Å². The third-order valence-electron chi connectivity index (χ3n) is 3.82. The zero-order valence-electron chi connectivity index (χ0n) is 11.4. The van der Waals surface area contributed by atoms with Crippen LogP contribution in [0.3, 0.4) is 0 Å². The largest absolute Gasteiger partial charge is 0.358 e. The molecule has 1 fully saturated rings. The Morgan fingerprint density at radius 2 is 2.37 bits per heavy atom. The topological polar surface area (TPSA) is 30.3 Å². The maximum Gasteiger partial charge on any atom is 0.0998 e. The summed E-state index contributed by atoms with van der Waals surface area (Å²) < 4.78 is 8.03. The molecule has 19 heavy (non-hydrogen) atoms. The van der Waals surface area contributed by atoms with Crippen LogP contribution < -0.4 is 0 Å². The van der Waals surface area contributed by atoms with Crippen LogP contribution in [0.25, 0.3) is 0 Å². The van der Waals surface area contributed by atoms with Gasteiger partial charge >= 0.3 is 0 Å². The standard InChI is InChI=1S/C15H21N3O/c1-13-3-4-15-14(9-13)10-18(12-19-15)7-2-6-17-8-5-16-11-17/h3-5,8-9,11,14-15H,2,6-7,10,12H2,1H3. The predicted molar refractivity (Wildman–Crippen MR) is 74.5 cm³/mol. The van der Waals surface area contributed by atoms with Crippen molar-refractivity contribution in [2.75, 3.05) is 19.8 Å². The molecule has 0 bridgehead atoms. The molecule has 0 aromatic carbocycles. The van der Waals surface area contributed by atoms with Gasteiger partial charge in [0.25, 0.3) is 0 Å². The number of aryl methyl sites for hydroxylation is 1. The lowest BCUT2D eigenvalue weighted by atomic mass is 9.92. The molecule has 0 radical (unpaired) electrons. The van der Waals surface area contributed by atoms with Crippen LogP contribution in [0.15, 0.2) is 42.5 Å². The molecule has 0 spiro atoms. The van der Waals surface area contributed by atoms with Gasteiger partial charge in [0, 0.05) is 37.9 Å². The molecule has 3 rings (SSSR count). The number of fused-ring (bicyclic) bond motifs is 1. The van der Waals surface area contributed by atoms with Gasteiger partial charge in [0.1, 0.15) is 0 Å². The zero-order chi connectivity index (χ0) is 13.1. The first kappa shape index (κ1) is 12.6. The first-order valence-electron chi connectivity index (χ1n) is 6.97. The van der Waals surface area contributed by atoms with Crippen molar-refractivity contribution in [3.05, 3.63) is 42.5 Å². The van der Waals surface area contributed by atoms with E-state index in [1.807, 2.05) is 18.7 Å². The fourth-order valence-electron chi connectivity index (χ4n) is 2.81. The first-order valence-corrected chi connectivity index (χ1v) is 6.97. The summed E-state index contributed by atoms with van der Waals surface area (Å²) in [6, 6.07) is 0. The summed E-state index contributed by atoms with van der Waals surface area (Å²) >= 11 is 0. The highest BCUT2D eigenvalue weighted by Gasteiger charge is 2.28. The van der Waals surface area contributed by atoms with E-state index >= 15 is 0 Å². The maximum atomic E-state index is 5.91. The summed E-state index contributed by atoms with van der Waals surface area (Å²) in [5.41, 5.74) is 1.35. The van der Waals surface area contributed by atoms with Crippen molar-refractivity contribution in [1.82, 2.24) is 14.5 Å². The SMILES string of the molecule is CC1=CC2CN(CCCn3ccnc3)COC2C=C1. The minimum atomic E-state index is 0.286.